The van der Waals surface area contributed by atoms with Crippen LogP contribution in [0.1, 0.15) is 27.2 Å². The van der Waals surface area contributed by atoms with Crippen LogP contribution >= 0.6 is 0 Å². The fourth-order valence-electron chi connectivity index (χ4n) is 2.22. The third kappa shape index (κ3) is 4.84. The molecular weight excluding hydrogens is 314 g/mol. The number of rotatable bonds is 6. The molecule has 6 nitrogen and oxygen atoms in total. The van der Waals surface area contributed by atoms with Crippen molar-refractivity contribution in [3.8, 4) is 0 Å². The maximum atomic E-state index is 12.1. The smallest absolute Gasteiger partial charge is 0.272 e. The molecule has 0 fully saturated rings. The molecule has 2 heterocycles. The van der Waals surface area contributed by atoms with Gasteiger partial charge in [-0.1, -0.05) is 35.9 Å². The van der Waals surface area contributed by atoms with Crippen LogP contribution < -0.4 is 10.6 Å². The molecule has 1 amide bonds. The van der Waals surface area contributed by atoms with Gasteiger partial charge in [-0.15, -0.1) is 10.2 Å². The van der Waals surface area contributed by atoms with Gasteiger partial charge in [-0.25, -0.2) is 0 Å². The summed E-state index contributed by atoms with van der Waals surface area (Å²) in [6, 6.07) is 15.3. The Kier molecular flexibility index (Phi) is 5.31. The molecule has 0 bridgehead atoms. The Labute approximate surface area is 146 Å². The van der Waals surface area contributed by atoms with E-state index in [-0.39, 0.29) is 5.91 Å². The summed E-state index contributed by atoms with van der Waals surface area (Å²) < 4.78 is 0. The summed E-state index contributed by atoms with van der Waals surface area (Å²) in [5.74, 6) is 0.367. The van der Waals surface area contributed by atoms with Gasteiger partial charge in [0.15, 0.2) is 5.69 Å². The van der Waals surface area contributed by atoms with Crippen molar-refractivity contribution in [2.24, 2.45) is 0 Å². The van der Waals surface area contributed by atoms with Crippen LogP contribution in [0.25, 0.3) is 0 Å². The number of aryl methyl sites for hydroxylation is 1. The first-order valence-electron chi connectivity index (χ1n) is 8.01. The molecule has 6 heteroatoms. The minimum atomic E-state index is -0.244. The monoisotopic (exact) mass is 333 g/mol. The third-order valence-corrected chi connectivity index (χ3v) is 3.67. The van der Waals surface area contributed by atoms with Gasteiger partial charge in [-0.2, -0.15) is 0 Å². The minimum absolute atomic E-state index is 0.244. The molecule has 0 aliphatic heterocycles. The largest absolute Gasteiger partial charge is 0.364 e. The van der Waals surface area contributed by atoms with E-state index in [9.17, 15) is 4.79 Å². The third-order valence-electron chi connectivity index (χ3n) is 3.67. The van der Waals surface area contributed by atoms with Crippen molar-refractivity contribution >= 4 is 11.7 Å². The highest BCUT2D eigenvalue weighted by Gasteiger charge is 2.08. The van der Waals surface area contributed by atoms with Gasteiger partial charge in [0, 0.05) is 25.5 Å². The van der Waals surface area contributed by atoms with Crippen LogP contribution in [0.2, 0.25) is 0 Å². The van der Waals surface area contributed by atoms with Crippen LogP contribution in [0, 0.1) is 6.92 Å². The number of aromatic nitrogens is 3. The molecule has 0 saturated carbocycles. The van der Waals surface area contributed by atoms with Crippen LogP contribution in [0.5, 0.6) is 0 Å². The first kappa shape index (κ1) is 16.6. The van der Waals surface area contributed by atoms with Crippen LogP contribution in [-0.4, -0.2) is 21.1 Å². The Balaban J connectivity index is 1.52. The van der Waals surface area contributed by atoms with Gasteiger partial charge < -0.3 is 10.6 Å². The lowest BCUT2D eigenvalue weighted by atomic mass is 10.1. The molecule has 2 aromatic heterocycles. The van der Waals surface area contributed by atoms with Gasteiger partial charge in [-0.05, 0) is 36.2 Å². The van der Waals surface area contributed by atoms with E-state index in [1.54, 1.807) is 24.5 Å². The summed E-state index contributed by atoms with van der Waals surface area (Å²) in [6.45, 7) is 3.09. The fourth-order valence-corrected chi connectivity index (χ4v) is 2.22. The summed E-state index contributed by atoms with van der Waals surface area (Å²) in [7, 11) is 0. The van der Waals surface area contributed by atoms with Crippen LogP contribution in [-0.2, 0) is 13.1 Å². The Hall–Kier alpha value is -3.28. The number of hydrogen-bond acceptors (Lipinski definition) is 5. The second-order valence-electron chi connectivity index (χ2n) is 5.69. The van der Waals surface area contributed by atoms with Gasteiger partial charge in [-0.3, -0.25) is 9.78 Å². The van der Waals surface area contributed by atoms with Crippen molar-refractivity contribution in [1.82, 2.24) is 20.5 Å². The molecule has 0 aliphatic rings. The van der Waals surface area contributed by atoms with E-state index in [0.717, 1.165) is 11.1 Å². The average molecular weight is 333 g/mol. The zero-order chi connectivity index (χ0) is 17.5. The summed E-state index contributed by atoms with van der Waals surface area (Å²) in [5.41, 5.74) is 3.57. The highest BCUT2D eigenvalue weighted by molar-refractivity contribution is 5.92. The SMILES string of the molecule is Cc1ccc(CNC(=O)c2ccc(NCc3cccnc3)nn2)cc1. The molecule has 0 spiro atoms. The number of amides is 1. The Morgan fingerprint density at radius 1 is 0.960 bits per heavy atom. The van der Waals surface area contributed by atoms with Gasteiger partial charge >= 0.3 is 0 Å². The lowest BCUT2D eigenvalue weighted by Gasteiger charge is -2.07. The van der Waals surface area contributed by atoms with E-state index in [1.807, 2.05) is 43.3 Å². The van der Waals surface area contributed by atoms with E-state index in [4.69, 9.17) is 0 Å². The van der Waals surface area contributed by atoms with Crippen molar-refractivity contribution in [3.63, 3.8) is 0 Å². The predicted octanol–water partition coefficient (Wildman–Crippen LogP) is 2.72. The predicted molar refractivity (Wildman–Crippen MR) is 95.9 cm³/mol. The number of pyridine rings is 1. The number of benzene rings is 1. The van der Waals surface area contributed by atoms with Crippen molar-refractivity contribution < 1.29 is 4.79 Å². The highest BCUT2D eigenvalue weighted by atomic mass is 16.1. The molecule has 0 atom stereocenters. The molecule has 126 valence electrons. The minimum Gasteiger partial charge on any atom is -0.364 e. The highest BCUT2D eigenvalue weighted by Crippen LogP contribution is 2.06. The molecule has 0 radical (unpaired) electrons. The zero-order valence-electron chi connectivity index (χ0n) is 13.9. The average Bonchev–Trinajstić information content (AvgIpc) is 2.67. The standard InChI is InChI=1S/C19H19N5O/c1-14-4-6-15(7-5-14)12-22-19(25)17-8-9-18(24-23-17)21-13-16-3-2-10-20-11-16/h2-11H,12-13H2,1H3,(H,21,24)(H,22,25). The van der Waals surface area contributed by atoms with Gasteiger partial charge in [0.25, 0.3) is 5.91 Å². The zero-order valence-corrected chi connectivity index (χ0v) is 13.9. The second kappa shape index (κ2) is 8.01. The van der Waals surface area contributed by atoms with Crippen molar-refractivity contribution in [1.29, 1.82) is 0 Å². The number of carbonyl (C=O) groups excluding carboxylic acids is 1. The van der Waals surface area contributed by atoms with E-state index >= 15 is 0 Å². The van der Waals surface area contributed by atoms with Crippen LogP contribution in [0.3, 0.4) is 0 Å². The molecular formula is C19H19N5O. The molecule has 3 rings (SSSR count). The number of carbonyl (C=O) groups is 1. The van der Waals surface area contributed by atoms with E-state index in [1.165, 1.54) is 5.56 Å². The summed E-state index contributed by atoms with van der Waals surface area (Å²) >= 11 is 0. The summed E-state index contributed by atoms with van der Waals surface area (Å²) in [4.78, 5) is 16.2. The van der Waals surface area contributed by atoms with Gasteiger partial charge in [0.05, 0.1) is 0 Å². The van der Waals surface area contributed by atoms with E-state index in [2.05, 4.69) is 25.8 Å². The quantitative estimate of drug-likeness (QED) is 0.725. The van der Waals surface area contributed by atoms with Crippen molar-refractivity contribution in [3.05, 3.63) is 83.3 Å². The second-order valence-corrected chi connectivity index (χ2v) is 5.69. The number of nitrogens with one attached hydrogen (secondary N) is 2. The van der Waals surface area contributed by atoms with E-state index in [0.29, 0.717) is 24.6 Å². The lowest BCUT2D eigenvalue weighted by molar-refractivity contribution is 0.0945. The van der Waals surface area contributed by atoms with E-state index < -0.39 is 0 Å². The lowest BCUT2D eigenvalue weighted by Crippen LogP contribution is -2.24. The Bertz CT molecular complexity index is 817. The number of anilines is 1. The molecule has 1 aromatic carbocycles. The number of nitrogens with zero attached hydrogens (tertiary/aromatic N) is 3. The molecule has 3 aromatic rings. The molecule has 0 aliphatic carbocycles. The van der Waals surface area contributed by atoms with Gasteiger partial charge in [0.2, 0.25) is 0 Å². The van der Waals surface area contributed by atoms with Gasteiger partial charge in [0.1, 0.15) is 5.82 Å². The Morgan fingerprint density at radius 3 is 2.48 bits per heavy atom. The summed E-state index contributed by atoms with van der Waals surface area (Å²) in [6.07, 6.45) is 3.51. The first-order chi connectivity index (χ1) is 12.2. The molecule has 0 unspecified atom stereocenters. The summed E-state index contributed by atoms with van der Waals surface area (Å²) in [5, 5.41) is 14.0. The maximum Gasteiger partial charge on any atom is 0.272 e. The first-order valence-corrected chi connectivity index (χ1v) is 8.01. The normalized spacial score (nSPS) is 10.3. The van der Waals surface area contributed by atoms with Crippen LogP contribution in [0.4, 0.5) is 5.82 Å². The fraction of sp³-hybridized carbons (Fsp3) is 0.158. The van der Waals surface area contributed by atoms with Crippen molar-refractivity contribution in [2.75, 3.05) is 5.32 Å². The topological polar surface area (TPSA) is 79.8 Å². The molecule has 2 N–H and O–H groups in total. The Morgan fingerprint density at radius 2 is 1.80 bits per heavy atom. The maximum absolute atomic E-state index is 12.1. The molecule has 0 saturated heterocycles. The molecule has 25 heavy (non-hydrogen) atoms. The van der Waals surface area contributed by atoms with Crippen LogP contribution in [0.15, 0.2) is 60.9 Å². The van der Waals surface area contributed by atoms with Crippen molar-refractivity contribution in [2.45, 2.75) is 20.0 Å². The number of hydrogen-bond donors (Lipinski definition) is 2.